The van der Waals surface area contributed by atoms with Crippen LogP contribution in [-0.2, 0) is 16.1 Å². The zero-order valence-electron chi connectivity index (χ0n) is 14.0. The zero-order chi connectivity index (χ0) is 17.6. The lowest BCUT2D eigenvalue weighted by Crippen LogP contribution is -2.53. The molecule has 2 N–H and O–H groups in total. The topological polar surface area (TPSA) is 88.5 Å². The molecule has 25 heavy (non-hydrogen) atoms. The van der Waals surface area contributed by atoms with Crippen molar-refractivity contribution in [2.75, 3.05) is 32.1 Å². The fourth-order valence-corrected chi connectivity index (χ4v) is 2.75. The first kappa shape index (κ1) is 17.0. The van der Waals surface area contributed by atoms with Crippen molar-refractivity contribution in [2.45, 2.75) is 12.6 Å². The average molecular weight is 343 g/mol. The van der Waals surface area contributed by atoms with Gasteiger partial charge in [0.15, 0.2) is 5.82 Å². The number of urea groups is 1. The number of methoxy groups -OCH3 is 1. The molecule has 0 saturated carbocycles. The van der Waals surface area contributed by atoms with E-state index in [0.717, 1.165) is 5.56 Å². The van der Waals surface area contributed by atoms with E-state index in [1.54, 1.807) is 24.1 Å². The monoisotopic (exact) mass is 343 g/mol. The molecular formula is C17H21N5O3. The number of benzene rings is 1. The van der Waals surface area contributed by atoms with E-state index < -0.39 is 0 Å². The second-order valence-corrected chi connectivity index (χ2v) is 5.75. The maximum Gasteiger partial charge on any atom is 0.324 e. The molecule has 8 heteroatoms. The summed E-state index contributed by atoms with van der Waals surface area (Å²) in [7, 11) is 1.62. The minimum absolute atomic E-state index is 0.00970. The maximum atomic E-state index is 12.7. The molecule has 8 nitrogen and oxygen atoms in total. The average Bonchev–Trinajstić information content (AvgIpc) is 3.08. The summed E-state index contributed by atoms with van der Waals surface area (Å²) in [6.07, 6.45) is 1.77. The van der Waals surface area contributed by atoms with Crippen LogP contribution in [0.4, 0.5) is 10.6 Å². The molecule has 1 fully saturated rings. The molecule has 0 bridgehead atoms. The van der Waals surface area contributed by atoms with Gasteiger partial charge in [-0.1, -0.05) is 30.3 Å². The number of piperazine rings is 1. The SMILES string of the molecule is COCCn1ccc(NC(=O)N2CC(=O)NCC2c2ccccc2)n1. The van der Waals surface area contributed by atoms with Gasteiger partial charge in [0.1, 0.15) is 6.54 Å². The Morgan fingerprint density at radius 1 is 1.36 bits per heavy atom. The molecular weight excluding hydrogens is 322 g/mol. The van der Waals surface area contributed by atoms with Gasteiger partial charge in [0, 0.05) is 25.9 Å². The number of rotatable bonds is 5. The third-order valence-corrected chi connectivity index (χ3v) is 4.03. The van der Waals surface area contributed by atoms with Crippen molar-refractivity contribution in [2.24, 2.45) is 0 Å². The second-order valence-electron chi connectivity index (χ2n) is 5.75. The van der Waals surface area contributed by atoms with Gasteiger partial charge >= 0.3 is 6.03 Å². The second kappa shape index (κ2) is 7.80. The summed E-state index contributed by atoms with van der Waals surface area (Å²) in [6.45, 7) is 1.54. The highest BCUT2D eigenvalue weighted by Crippen LogP contribution is 2.23. The van der Waals surface area contributed by atoms with Crippen LogP contribution in [0.1, 0.15) is 11.6 Å². The predicted molar refractivity (Wildman–Crippen MR) is 92.0 cm³/mol. The van der Waals surface area contributed by atoms with Gasteiger partial charge in [-0.25, -0.2) is 4.79 Å². The number of anilines is 1. The lowest BCUT2D eigenvalue weighted by molar-refractivity contribution is -0.124. The van der Waals surface area contributed by atoms with Gasteiger partial charge in [0.25, 0.3) is 0 Å². The lowest BCUT2D eigenvalue weighted by atomic mass is 10.0. The van der Waals surface area contributed by atoms with Crippen molar-refractivity contribution >= 4 is 17.8 Å². The summed E-state index contributed by atoms with van der Waals surface area (Å²) in [5.41, 5.74) is 0.975. The first-order valence-electron chi connectivity index (χ1n) is 8.09. The highest BCUT2D eigenvalue weighted by molar-refractivity contribution is 5.92. The molecule has 2 heterocycles. The smallest absolute Gasteiger partial charge is 0.324 e. The predicted octanol–water partition coefficient (Wildman–Crippen LogP) is 1.23. The highest BCUT2D eigenvalue weighted by Gasteiger charge is 2.31. The molecule has 0 aliphatic carbocycles. The van der Waals surface area contributed by atoms with E-state index in [0.29, 0.717) is 25.5 Å². The lowest BCUT2D eigenvalue weighted by Gasteiger charge is -2.35. The molecule has 0 radical (unpaired) electrons. The Morgan fingerprint density at radius 3 is 2.92 bits per heavy atom. The summed E-state index contributed by atoms with van der Waals surface area (Å²) in [6, 6.07) is 10.8. The summed E-state index contributed by atoms with van der Waals surface area (Å²) < 4.78 is 6.70. The number of hydrogen-bond acceptors (Lipinski definition) is 4. The van der Waals surface area contributed by atoms with Gasteiger partial charge in [-0.05, 0) is 5.56 Å². The molecule has 0 spiro atoms. The fourth-order valence-electron chi connectivity index (χ4n) is 2.75. The Kier molecular flexibility index (Phi) is 5.30. The number of aromatic nitrogens is 2. The number of amides is 3. The number of hydrogen-bond donors (Lipinski definition) is 2. The highest BCUT2D eigenvalue weighted by atomic mass is 16.5. The van der Waals surface area contributed by atoms with Gasteiger partial charge in [-0.3, -0.25) is 14.8 Å². The van der Waals surface area contributed by atoms with Crippen LogP contribution in [0.15, 0.2) is 42.6 Å². The van der Waals surface area contributed by atoms with Crippen LogP contribution in [0.25, 0.3) is 0 Å². The largest absolute Gasteiger partial charge is 0.383 e. The summed E-state index contributed by atoms with van der Waals surface area (Å²) in [5.74, 6) is 0.270. The van der Waals surface area contributed by atoms with Gasteiger partial charge in [0.2, 0.25) is 5.91 Å². The minimum atomic E-state index is -0.347. The molecule has 3 amide bonds. The summed E-state index contributed by atoms with van der Waals surface area (Å²) >= 11 is 0. The molecule has 1 saturated heterocycles. The van der Waals surface area contributed by atoms with Crippen LogP contribution >= 0.6 is 0 Å². The maximum absolute atomic E-state index is 12.7. The van der Waals surface area contributed by atoms with Crippen molar-refractivity contribution in [1.29, 1.82) is 0 Å². The molecule has 1 atom stereocenters. The van der Waals surface area contributed by atoms with Crippen molar-refractivity contribution in [1.82, 2.24) is 20.0 Å². The van der Waals surface area contributed by atoms with Gasteiger partial charge in [0.05, 0.1) is 19.2 Å². The van der Waals surface area contributed by atoms with E-state index in [1.807, 2.05) is 30.3 Å². The molecule has 1 aliphatic rings. The van der Waals surface area contributed by atoms with E-state index >= 15 is 0 Å². The normalized spacial score (nSPS) is 17.2. The van der Waals surface area contributed by atoms with Crippen LogP contribution in [0, 0.1) is 0 Å². The van der Waals surface area contributed by atoms with Gasteiger partial charge < -0.3 is 15.0 Å². The Labute approximate surface area is 145 Å². The standard InChI is InChI=1S/C17H21N5O3/c1-25-10-9-21-8-7-15(20-21)19-17(24)22-12-16(23)18-11-14(22)13-5-3-2-4-6-13/h2-8,14H,9-12H2,1H3,(H,18,23)(H,19,20,24). The Hall–Kier alpha value is -2.87. The van der Waals surface area contributed by atoms with Crippen molar-refractivity contribution in [3.63, 3.8) is 0 Å². The Balaban J connectivity index is 1.71. The van der Waals surface area contributed by atoms with Crippen molar-refractivity contribution < 1.29 is 14.3 Å². The summed E-state index contributed by atoms with van der Waals surface area (Å²) in [5, 5.41) is 9.85. The number of nitrogens with zero attached hydrogens (tertiary/aromatic N) is 3. The molecule has 1 aliphatic heterocycles. The van der Waals surface area contributed by atoms with Crippen LogP contribution in [0.3, 0.4) is 0 Å². The number of nitrogens with one attached hydrogen (secondary N) is 2. The van der Waals surface area contributed by atoms with E-state index in [4.69, 9.17) is 4.74 Å². The first-order valence-corrected chi connectivity index (χ1v) is 8.09. The fraction of sp³-hybridized carbons (Fsp3) is 0.353. The van der Waals surface area contributed by atoms with Crippen LogP contribution < -0.4 is 10.6 Å². The number of carbonyl (C=O) groups is 2. The molecule has 1 aromatic heterocycles. The van der Waals surface area contributed by atoms with Crippen LogP contribution in [-0.4, -0.2) is 53.4 Å². The molecule has 3 rings (SSSR count). The van der Waals surface area contributed by atoms with Gasteiger partial charge in [-0.2, -0.15) is 5.10 Å². The third kappa shape index (κ3) is 4.16. The van der Waals surface area contributed by atoms with Crippen LogP contribution in [0.2, 0.25) is 0 Å². The van der Waals surface area contributed by atoms with E-state index in [2.05, 4.69) is 15.7 Å². The summed E-state index contributed by atoms with van der Waals surface area (Å²) in [4.78, 5) is 26.0. The molecule has 2 aromatic rings. The van der Waals surface area contributed by atoms with Gasteiger partial charge in [-0.15, -0.1) is 0 Å². The Morgan fingerprint density at radius 2 is 2.16 bits per heavy atom. The molecule has 132 valence electrons. The van der Waals surface area contributed by atoms with Crippen molar-refractivity contribution in [3.05, 3.63) is 48.2 Å². The minimum Gasteiger partial charge on any atom is -0.383 e. The quantitative estimate of drug-likeness (QED) is 0.855. The molecule has 1 unspecified atom stereocenters. The van der Waals surface area contributed by atoms with E-state index in [9.17, 15) is 9.59 Å². The van der Waals surface area contributed by atoms with Crippen molar-refractivity contribution in [3.8, 4) is 0 Å². The number of ether oxygens (including phenoxy) is 1. The first-order chi connectivity index (χ1) is 12.2. The molecule has 1 aromatic carbocycles. The Bertz CT molecular complexity index is 731. The number of carbonyl (C=O) groups excluding carboxylic acids is 2. The van der Waals surface area contributed by atoms with Crippen LogP contribution in [0.5, 0.6) is 0 Å². The zero-order valence-corrected chi connectivity index (χ0v) is 14.0. The third-order valence-electron chi connectivity index (χ3n) is 4.03. The van der Waals surface area contributed by atoms with E-state index in [-0.39, 0.29) is 24.5 Å². The van der Waals surface area contributed by atoms with E-state index in [1.165, 1.54) is 4.90 Å².